The molecular weight excluding hydrogens is 308 g/mol. The van der Waals surface area contributed by atoms with Crippen LogP contribution < -0.4 is 21.7 Å². The van der Waals surface area contributed by atoms with Gasteiger partial charge in [0.1, 0.15) is 11.2 Å². The highest BCUT2D eigenvalue weighted by atomic mass is 16.4. The van der Waals surface area contributed by atoms with Crippen LogP contribution in [-0.2, 0) is 0 Å². The van der Waals surface area contributed by atoms with E-state index < -0.39 is 0 Å². The van der Waals surface area contributed by atoms with Crippen LogP contribution in [0.3, 0.4) is 0 Å². The fourth-order valence-corrected chi connectivity index (χ4v) is 2.45. The van der Waals surface area contributed by atoms with Gasteiger partial charge in [-0.1, -0.05) is 24.3 Å². The number of anilines is 2. The molecule has 0 bridgehead atoms. The van der Waals surface area contributed by atoms with Gasteiger partial charge in [0, 0.05) is 12.1 Å². The van der Waals surface area contributed by atoms with Crippen molar-refractivity contribution in [2.45, 2.75) is 0 Å². The molecule has 2 aromatic carbocycles. The summed E-state index contributed by atoms with van der Waals surface area (Å²) in [4.78, 5) is 24.1. The van der Waals surface area contributed by atoms with Crippen molar-refractivity contribution in [3.05, 3.63) is 81.1 Å². The second-order valence-electron chi connectivity index (χ2n) is 5.19. The molecule has 0 aliphatic heterocycles. The molecule has 0 spiro atoms. The first-order valence-corrected chi connectivity index (χ1v) is 7.28. The van der Waals surface area contributed by atoms with Gasteiger partial charge in [-0.2, -0.15) is 0 Å². The lowest BCUT2D eigenvalue weighted by molar-refractivity contribution is 0.602. The highest BCUT2D eigenvalue weighted by molar-refractivity contribution is 5.78. The van der Waals surface area contributed by atoms with Crippen LogP contribution in [0.4, 0.5) is 11.8 Å². The van der Waals surface area contributed by atoms with Crippen LogP contribution in [-0.4, -0.2) is 0 Å². The van der Waals surface area contributed by atoms with E-state index in [0.29, 0.717) is 21.9 Å². The van der Waals surface area contributed by atoms with Crippen molar-refractivity contribution in [1.82, 2.24) is 0 Å². The van der Waals surface area contributed by atoms with Crippen LogP contribution in [0.25, 0.3) is 21.9 Å². The molecule has 6 heteroatoms. The molecule has 0 saturated heterocycles. The minimum absolute atomic E-state index is 0.166. The van der Waals surface area contributed by atoms with Crippen molar-refractivity contribution in [2.24, 2.45) is 0 Å². The smallest absolute Gasteiger partial charge is 0.215 e. The molecule has 2 heterocycles. The molecule has 2 aromatic heterocycles. The summed E-state index contributed by atoms with van der Waals surface area (Å²) in [6, 6.07) is 16.6. The fourth-order valence-electron chi connectivity index (χ4n) is 2.45. The highest BCUT2D eigenvalue weighted by Gasteiger charge is 2.06. The molecular formula is C18H12N2O4. The molecule has 0 fully saturated rings. The maximum absolute atomic E-state index is 12.0. The van der Waals surface area contributed by atoms with Crippen LogP contribution in [0.1, 0.15) is 0 Å². The van der Waals surface area contributed by atoms with E-state index in [0.717, 1.165) is 0 Å². The highest BCUT2D eigenvalue weighted by Crippen LogP contribution is 2.17. The molecule has 6 nitrogen and oxygen atoms in total. The minimum atomic E-state index is -0.166. The number of para-hydroxylation sites is 2. The summed E-state index contributed by atoms with van der Waals surface area (Å²) in [5.74, 6) is 0.434. The van der Waals surface area contributed by atoms with E-state index in [1.807, 2.05) is 0 Å². The fraction of sp³-hybridized carbons (Fsp3) is 0. The summed E-state index contributed by atoms with van der Waals surface area (Å²) in [5, 5.41) is 1.00. The van der Waals surface area contributed by atoms with Crippen molar-refractivity contribution in [2.75, 3.05) is 10.9 Å². The van der Waals surface area contributed by atoms with Gasteiger partial charge in [0.15, 0.2) is 10.9 Å². The maximum atomic E-state index is 12.0. The Kier molecular flexibility index (Phi) is 3.28. The van der Waals surface area contributed by atoms with Crippen molar-refractivity contribution < 1.29 is 8.83 Å². The lowest BCUT2D eigenvalue weighted by Crippen LogP contribution is -2.13. The molecule has 24 heavy (non-hydrogen) atoms. The number of rotatable bonds is 3. The molecule has 4 rings (SSSR count). The topological polar surface area (TPSA) is 84.5 Å². The zero-order valence-corrected chi connectivity index (χ0v) is 12.4. The van der Waals surface area contributed by atoms with Crippen LogP contribution in [0.5, 0.6) is 0 Å². The van der Waals surface area contributed by atoms with Gasteiger partial charge in [0.2, 0.25) is 11.8 Å². The molecule has 0 saturated carbocycles. The van der Waals surface area contributed by atoms with Crippen molar-refractivity contribution in [3.63, 3.8) is 0 Å². The number of benzene rings is 2. The van der Waals surface area contributed by atoms with Gasteiger partial charge in [-0.25, -0.2) is 0 Å². The Hall–Kier alpha value is -3.54. The van der Waals surface area contributed by atoms with E-state index in [-0.39, 0.29) is 22.6 Å². The summed E-state index contributed by atoms with van der Waals surface area (Å²) < 4.78 is 11.2. The van der Waals surface area contributed by atoms with Crippen molar-refractivity contribution in [1.29, 1.82) is 0 Å². The standard InChI is InChI=1S/C18H12N2O4/c21-13-9-17(23-15-7-3-1-5-11(13)15)19-20-18-10-14(22)12-6-2-4-8-16(12)24-18/h1-10,19-20H. The second kappa shape index (κ2) is 5.58. The minimum Gasteiger partial charge on any atom is -0.439 e. The molecule has 0 aliphatic carbocycles. The van der Waals surface area contributed by atoms with E-state index in [2.05, 4.69) is 10.9 Å². The third-order valence-corrected chi connectivity index (χ3v) is 3.58. The van der Waals surface area contributed by atoms with Gasteiger partial charge in [0.05, 0.1) is 10.8 Å². The van der Waals surface area contributed by atoms with Crippen molar-refractivity contribution >= 4 is 33.7 Å². The number of fused-ring (bicyclic) bond motifs is 2. The third-order valence-electron chi connectivity index (χ3n) is 3.58. The SMILES string of the molecule is O=c1cc(NNc2cc(=O)c3ccccc3o2)oc2ccccc12. The van der Waals surface area contributed by atoms with Crippen LogP contribution in [0.2, 0.25) is 0 Å². The molecule has 118 valence electrons. The van der Waals surface area contributed by atoms with E-state index in [9.17, 15) is 9.59 Å². The average Bonchev–Trinajstić information content (AvgIpc) is 2.60. The average molecular weight is 320 g/mol. The first-order chi connectivity index (χ1) is 11.7. The predicted octanol–water partition coefficient (Wildman–Crippen LogP) is 3.34. The normalized spacial score (nSPS) is 10.8. The summed E-state index contributed by atoms with van der Waals surface area (Å²) in [5.41, 5.74) is 6.08. The van der Waals surface area contributed by atoms with E-state index in [1.165, 1.54) is 12.1 Å². The molecule has 2 N–H and O–H groups in total. The van der Waals surface area contributed by atoms with Gasteiger partial charge < -0.3 is 8.83 Å². The van der Waals surface area contributed by atoms with Gasteiger partial charge in [0.25, 0.3) is 0 Å². The van der Waals surface area contributed by atoms with Crippen molar-refractivity contribution in [3.8, 4) is 0 Å². The molecule has 0 amide bonds. The molecule has 4 aromatic rings. The van der Waals surface area contributed by atoms with Gasteiger partial charge >= 0.3 is 0 Å². The largest absolute Gasteiger partial charge is 0.439 e. The zero-order chi connectivity index (χ0) is 16.5. The van der Waals surface area contributed by atoms with E-state index >= 15 is 0 Å². The van der Waals surface area contributed by atoms with Gasteiger partial charge in [-0.3, -0.25) is 20.4 Å². The van der Waals surface area contributed by atoms with Crippen LogP contribution in [0.15, 0.2) is 79.1 Å². The predicted molar refractivity (Wildman–Crippen MR) is 92.2 cm³/mol. The lowest BCUT2D eigenvalue weighted by atomic mass is 10.2. The Morgan fingerprint density at radius 3 is 1.50 bits per heavy atom. The Morgan fingerprint density at radius 1 is 0.625 bits per heavy atom. The monoisotopic (exact) mass is 320 g/mol. The van der Waals surface area contributed by atoms with E-state index in [1.54, 1.807) is 48.5 Å². The first-order valence-electron chi connectivity index (χ1n) is 7.28. The van der Waals surface area contributed by atoms with E-state index in [4.69, 9.17) is 8.83 Å². The van der Waals surface area contributed by atoms with Crippen LogP contribution >= 0.6 is 0 Å². The Labute approximate surface area is 135 Å². The molecule has 0 radical (unpaired) electrons. The van der Waals surface area contributed by atoms with Gasteiger partial charge in [-0.05, 0) is 24.3 Å². The Morgan fingerprint density at radius 2 is 1.04 bits per heavy atom. The summed E-state index contributed by atoms with van der Waals surface area (Å²) in [7, 11) is 0. The maximum Gasteiger partial charge on any atom is 0.215 e. The molecule has 0 unspecified atom stereocenters. The number of hydrogen-bond acceptors (Lipinski definition) is 6. The zero-order valence-electron chi connectivity index (χ0n) is 12.4. The quantitative estimate of drug-likeness (QED) is 0.563. The molecule has 0 aliphatic rings. The number of hydrazine groups is 1. The Balaban J connectivity index is 1.65. The van der Waals surface area contributed by atoms with Gasteiger partial charge in [-0.15, -0.1) is 0 Å². The third kappa shape index (κ3) is 2.50. The summed E-state index contributed by atoms with van der Waals surface area (Å²) in [6.07, 6.45) is 0. The second-order valence-corrected chi connectivity index (χ2v) is 5.19. The van der Waals surface area contributed by atoms with Crippen LogP contribution in [0, 0.1) is 0 Å². The number of hydrogen-bond donors (Lipinski definition) is 2. The Bertz CT molecular complexity index is 1070. The lowest BCUT2D eigenvalue weighted by Gasteiger charge is -2.08. The summed E-state index contributed by atoms with van der Waals surface area (Å²) in [6.45, 7) is 0. The number of nitrogens with one attached hydrogen (secondary N) is 2. The molecule has 0 atom stereocenters. The first kappa shape index (κ1) is 14.1. The summed E-state index contributed by atoms with van der Waals surface area (Å²) >= 11 is 0.